The van der Waals surface area contributed by atoms with E-state index in [0.717, 1.165) is 6.26 Å². The number of aliphatic carboxylic acids is 1. The summed E-state index contributed by atoms with van der Waals surface area (Å²) >= 11 is 0. The molecule has 0 fully saturated rings. The topological polar surface area (TPSA) is 199 Å². The first-order valence-electron chi connectivity index (χ1n) is 10.3. The maximum Gasteiger partial charge on any atom is 0.491 e. The molecule has 1 aromatic heterocycles. The first-order valence-corrected chi connectivity index (χ1v) is 10.3. The van der Waals surface area contributed by atoms with Gasteiger partial charge < -0.3 is 30.0 Å². The molecule has 2 aromatic rings. The molecule has 0 aliphatic rings. The average molecular weight is 527 g/mol. The number of benzene rings is 1. The van der Waals surface area contributed by atoms with Gasteiger partial charge in [0.05, 0.1) is 12.0 Å². The number of furan rings is 1. The third-order valence-electron chi connectivity index (χ3n) is 4.64. The summed E-state index contributed by atoms with van der Waals surface area (Å²) in [5.74, 6) is -8.89. The number of amidine groups is 1. The Bertz CT molecular complexity index is 1210. The van der Waals surface area contributed by atoms with Crippen molar-refractivity contribution >= 4 is 35.6 Å². The molecule has 1 amide bonds. The first kappa shape index (κ1) is 28.5. The highest BCUT2D eigenvalue weighted by Gasteiger charge is 2.43. The van der Waals surface area contributed by atoms with E-state index >= 15 is 0 Å². The Morgan fingerprint density at radius 3 is 2.30 bits per heavy atom. The summed E-state index contributed by atoms with van der Waals surface area (Å²) in [5, 5.41) is 18.4. The number of nitrogens with two attached hydrogens (primary N) is 1. The summed E-state index contributed by atoms with van der Waals surface area (Å²) in [6.45, 7) is 1.36. The third-order valence-corrected chi connectivity index (χ3v) is 4.64. The number of nitrogens with one attached hydrogen (secondary N) is 2. The van der Waals surface area contributed by atoms with Gasteiger partial charge in [0.25, 0.3) is 0 Å². The number of carboxylic acids is 1. The Kier molecular flexibility index (Phi) is 9.13. The molecule has 0 aliphatic heterocycles. The van der Waals surface area contributed by atoms with Crippen LogP contribution in [0.4, 0.5) is 13.2 Å². The van der Waals surface area contributed by atoms with Crippen LogP contribution in [0.1, 0.15) is 35.0 Å². The number of carbonyl (C=O) groups is 5. The zero-order valence-electron chi connectivity index (χ0n) is 19.0. The summed E-state index contributed by atoms with van der Waals surface area (Å²) < 4.78 is 50.4. The van der Waals surface area contributed by atoms with E-state index < -0.39 is 54.3 Å². The van der Waals surface area contributed by atoms with Crippen LogP contribution in [0.5, 0.6) is 5.75 Å². The van der Waals surface area contributed by atoms with Crippen LogP contribution in [0.25, 0.3) is 0 Å². The van der Waals surface area contributed by atoms with Crippen LogP contribution >= 0.6 is 0 Å². The number of alkyl halides is 3. The Hall–Kier alpha value is -4.69. The highest BCUT2D eigenvalue weighted by Crippen LogP contribution is 2.19. The fourth-order valence-corrected chi connectivity index (χ4v) is 2.74. The predicted molar refractivity (Wildman–Crippen MR) is 115 cm³/mol. The molecule has 0 bridgehead atoms. The fraction of sp³-hybridized carbons (Fsp3) is 0.273. The van der Waals surface area contributed by atoms with Gasteiger partial charge in [0, 0.05) is 17.9 Å². The Labute approximate surface area is 206 Å². The molecule has 0 aliphatic carbocycles. The van der Waals surface area contributed by atoms with Crippen molar-refractivity contribution in [2.75, 3.05) is 0 Å². The smallest absolute Gasteiger partial charge is 0.480 e. The highest BCUT2D eigenvalue weighted by molar-refractivity contribution is 5.95. The van der Waals surface area contributed by atoms with Crippen LogP contribution in [-0.4, -0.2) is 52.9 Å². The molecule has 37 heavy (non-hydrogen) atoms. The number of carbonyl (C=O) groups excluding carboxylic acids is 4. The zero-order valence-corrected chi connectivity index (χ0v) is 19.0. The number of hydrogen-bond acceptors (Lipinski definition) is 9. The third kappa shape index (κ3) is 8.48. The van der Waals surface area contributed by atoms with Crippen LogP contribution in [0.15, 0.2) is 41.0 Å². The lowest BCUT2D eigenvalue weighted by molar-refractivity contribution is -0.202. The quantitative estimate of drug-likeness (QED) is 0.116. The monoisotopic (exact) mass is 527 g/mol. The number of amides is 1. The van der Waals surface area contributed by atoms with Gasteiger partial charge in [-0.1, -0.05) is 6.92 Å². The minimum atomic E-state index is -5.46. The van der Waals surface area contributed by atoms with Gasteiger partial charge >= 0.3 is 30.1 Å². The van der Waals surface area contributed by atoms with E-state index in [1.165, 1.54) is 37.3 Å². The minimum Gasteiger partial charge on any atom is -0.480 e. The Balaban J connectivity index is 1.94. The van der Waals surface area contributed by atoms with Crippen molar-refractivity contribution in [2.45, 2.75) is 32.0 Å². The average Bonchev–Trinajstić information content (AvgIpc) is 3.26. The number of halogens is 3. The maximum absolute atomic E-state index is 12.4. The molecule has 0 saturated carbocycles. The largest absolute Gasteiger partial charge is 0.491 e. The van der Waals surface area contributed by atoms with Crippen molar-refractivity contribution in [1.29, 1.82) is 5.41 Å². The highest BCUT2D eigenvalue weighted by atomic mass is 19.4. The summed E-state index contributed by atoms with van der Waals surface area (Å²) in [4.78, 5) is 58.1. The van der Waals surface area contributed by atoms with Gasteiger partial charge in [0.15, 0.2) is 0 Å². The van der Waals surface area contributed by atoms with Crippen molar-refractivity contribution < 1.29 is 56.1 Å². The SMILES string of the molecule is CC(Cc1cc(C(=O)Oc2ccc(C(=N)N)cc2)co1)C(=O)N[C@@H](CC(=O)OC(=O)C(F)(F)F)C(=O)O. The lowest BCUT2D eigenvalue weighted by Gasteiger charge is -2.16. The molecule has 2 rings (SSSR count). The van der Waals surface area contributed by atoms with E-state index in [0.29, 0.717) is 5.56 Å². The van der Waals surface area contributed by atoms with Crippen LogP contribution in [0.3, 0.4) is 0 Å². The van der Waals surface area contributed by atoms with E-state index in [-0.39, 0.29) is 29.3 Å². The van der Waals surface area contributed by atoms with E-state index in [9.17, 15) is 37.1 Å². The van der Waals surface area contributed by atoms with Crippen LogP contribution in [0, 0.1) is 11.3 Å². The molecule has 0 spiro atoms. The van der Waals surface area contributed by atoms with Gasteiger partial charge in [-0.3, -0.25) is 15.0 Å². The van der Waals surface area contributed by atoms with Crippen molar-refractivity contribution in [1.82, 2.24) is 5.32 Å². The Morgan fingerprint density at radius 2 is 1.76 bits per heavy atom. The van der Waals surface area contributed by atoms with E-state index in [1.807, 2.05) is 5.32 Å². The number of esters is 3. The second kappa shape index (κ2) is 11.8. The molecular formula is C22H20F3N3O9. The van der Waals surface area contributed by atoms with E-state index in [1.54, 1.807) is 0 Å². The molecule has 2 atom stereocenters. The zero-order chi connectivity index (χ0) is 27.9. The predicted octanol–water partition coefficient (Wildman–Crippen LogP) is 1.55. The fourth-order valence-electron chi connectivity index (χ4n) is 2.74. The maximum atomic E-state index is 12.4. The Morgan fingerprint density at radius 1 is 1.14 bits per heavy atom. The number of nitrogen functional groups attached to an aromatic ring is 1. The van der Waals surface area contributed by atoms with Crippen molar-refractivity contribution in [3.05, 3.63) is 53.5 Å². The summed E-state index contributed by atoms with van der Waals surface area (Å²) in [7, 11) is 0. The van der Waals surface area contributed by atoms with Crippen LogP contribution in [0.2, 0.25) is 0 Å². The van der Waals surface area contributed by atoms with E-state index in [4.69, 9.17) is 25.4 Å². The van der Waals surface area contributed by atoms with Gasteiger partial charge in [0.2, 0.25) is 5.91 Å². The van der Waals surface area contributed by atoms with Gasteiger partial charge in [-0.25, -0.2) is 14.4 Å². The number of rotatable bonds is 10. The van der Waals surface area contributed by atoms with Crippen molar-refractivity contribution in [2.24, 2.45) is 11.7 Å². The van der Waals surface area contributed by atoms with Crippen molar-refractivity contribution in [3.8, 4) is 5.75 Å². The summed E-state index contributed by atoms with van der Waals surface area (Å²) in [6.07, 6.45) is -5.75. The second-order valence-electron chi connectivity index (χ2n) is 7.60. The molecule has 1 unspecified atom stereocenters. The molecule has 5 N–H and O–H groups in total. The number of hydrogen-bond donors (Lipinski definition) is 4. The molecule has 198 valence electrons. The van der Waals surface area contributed by atoms with Gasteiger partial charge in [-0.2, -0.15) is 13.2 Å². The van der Waals surface area contributed by atoms with Gasteiger partial charge in [0.1, 0.15) is 29.7 Å². The van der Waals surface area contributed by atoms with Crippen molar-refractivity contribution in [3.63, 3.8) is 0 Å². The number of carboxylic acid groups (broad SMARTS) is 1. The van der Waals surface area contributed by atoms with E-state index in [2.05, 4.69) is 4.74 Å². The van der Waals surface area contributed by atoms with Crippen LogP contribution < -0.4 is 15.8 Å². The molecule has 0 saturated heterocycles. The molecule has 1 aromatic carbocycles. The minimum absolute atomic E-state index is 0.00116. The molecule has 0 radical (unpaired) electrons. The summed E-state index contributed by atoms with van der Waals surface area (Å²) in [5.41, 5.74) is 5.77. The molecule has 15 heteroatoms. The molecular weight excluding hydrogens is 507 g/mol. The first-order chi connectivity index (χ1) is 17.2. The van der Waals surface area contributed by atoms with Crippen LogP contribution in [-0.2, 0) is 30.3 Å². The van der Waals surface area contributed by atoms with Gasteiger partial charge in [-0.15, -0.1) is 0 Å². The number of ether oxygens (including phenoxy) is 2. The lowest BCUT2D eigenvalue weighted by atomic mass is 10.0. The standard InChI is InChI=1S/C22H20F3N3O9/c1-10(18(30)28-15(19(31)32)8-16(29)37-21(34)22(23,24)25)6-14-7-12(9-35-14)20(33)36-13-4-2-11(3-5-13)17(26)27/h2-5,7,9-10,15H,6,8H2,1H3,(H3,26,27)(H,28,30)(H,31,32)/t10?,15-/m0/s1. The second-order valence-corrected chi connectivity index (χ2v) is 7.60. The van der Waals surface area contributed by atoms with Gasteiger partial charge in [-0.05, 0) is 30.3 Å². The lowest BCUT2D eigenvalue weighted by Crippen LogP contribution is -2.45. The summed E-state index contributed by atoms with van der Waals surface area (Å²) in [6, 6.07) is 5.12. The molecule has 1 heterocycles. The molecule has 12 nitrogen and oxygen atoms in total. The normalized spacial score (nSPS) is 12.6.